The minimum atomic E-state index is -0.135. The van der Waals surface area contributed by atoms with Crippen molar-refractivity contribution < 1.29 is 4.79 Å². The molecule has 0 heterocycles. The van der Waals surface area contributed by atoms with Crippen LogP contribution in [-0.2, 0) is 0 Å². The van der Waals surface area contributed by atoms with Crippen molar-refractivity contribution in [3.8, 4) is 0 Å². The van der Waals surface area contributed by atoms with Crippen molar-refractivity contribution in [2.45, 2.75) is 0 Å². The van der Waals surface area contributed by atoms with Gasteiger partial charge in [-0.2, -0.15) is 0 Å². The second kappa shape index (κ2) is 9.33. The summed E-state index contributed by atoms with van der Waals surface area (Å²) in [6.45, 7) is 0. The highest BCUT2D eigenvalue weighted by Crippen LogP contribution is 2.27. The zero-order valence-electron chi connectivity index (χ0n) is 18.0. The SMILES string of the molecule is O=C(c1ccccc1)N(C(=Nc1ccccc1)c1cccc2ccccc12)c1ccccc1. The third-order valence-electron chi connectivity index (χ3n) is 5.47. The van der Waals surface area contributed by atoms with Gasteiger partial charge in [0.05, 0.1) is 11.4 Å². The van der Waals surface area contributed by atoms with Crippen molar-refractivity contribution in [1.29, 1.82) is 0 Å². The number of carbonyl (C=O) groups excluding carboxylic acids is 1. The minimum absolute atomic E-state index is 0.135. The molecule has 0 radical (unpaired) electrons. The molecule has 0 spiro atoms. The van der Waals surface area contributed by atoms with Gasteiger partial charge in [0, 0.05) is 11.1 Å². The molecule has 0 aliphatic carbocycles. The molecule has 5 aromatic carbocycles. The fourth-order valence-electron chi connectivity index (χ4n) is 3.90. The summed E-state index contributed by atoms with van der Waals surface area (Å²) >= 11 is 0. The lowest BCUT2D eigenvalue weighted by atomic mass is 10.0. The Hall–Kier alpha value is -4.50. The number of hydrogen-bond donors (Lipinski definition) is 0. The van der Waals surface area contributed by atoms with Gasteiger partial charge in [0.2, 0.25) is 0 Å². The largest absolute Gasteiger partial charge is 0.268 e. The first-order chi connectivity index (χ1) is 16.3. The standard InChI is InChI=1S/C30H22N2O/c33-30(24-14-4-1-5-15-24)32(26-19-8-3-9-20-26)29(31-25-17-6-2-7-18-25)28-22-12-16-23-13-10-11-21-27(23)28/h1-22H. The Morgan fingerprint density at radius 3 is 1.88 bits per heavy atom. The number of aliphatic imine (C=N–C) groups is 1. The number of fused-ring (bicyclic) bond motifs is 1. The number of amides is 1. The average Bonchev–Trinajstić information content (AvgIpc) is 2.89. The zero-order chi connectivity index (χ0) is 22.5. The van der Waals surface area contributed by atoms with Gasteiger partial charge in [0.15, 0.2) is 0 Å². The number of para-hydroxylation sites is 2. The number of nitrogens with zero attached hydrogens (tertiary/aromatic N) is 2. The topological polar surface area (TPSA) is 32.7 Å². The Labute approximate surface area is 193 Å². The molecule has 5 rings (SSSR count). The smallest absolute Gasteiger partial charge is 0.264 e. The van der Waals surface area contributed by atoms with Crippen LogP contribution in [0, 0.1) is 0 Å². The fourth-order valence-corrected chi connectivity index (χ4v) is 3.90. The number of hydrogen-bond acceptors (Lipinski definition) is 2. The lowest BCUT2D eigenvalue weighted by Gasteiger charge is -2.26. The molecule has 0 N–H and O–H groups in total. The van der Waals surface area contributed by atoms with E-state index in [2.05, 4.69) is 18.2 Å². The first kappa shape index (κ1) is 20.4. The van der Waals surface area contributed by atoms with Crippen LogP contribution in [0.15, 0.2) is 138 Å². The van der Waals surface area contributed by atoms with Crippen molar-refractivity contribution >= 4 is 33.9 Å². The predicted octanol–water partition coefficient (Wildman–Crippen LogP) is 7.27. The van der Waals surface area contributed by atoms with Crippen LogP contribution in [0.4, 0.5) is 11.4 Å². The van der Waals surface area contributed by atoms with Crippen LogP contribution in [0.3, 0.4) is 0 Å². The molecule has 0 unspecified atom stereocenters. The van der Waals surface area contributed by atoms with Gasteiger partial charge < -0.3 is 0 Å². The Kier molecular flexibility index (Phi) is 5.77. The molecule has 33 heavy (non-hydrogen) atoms. The van der Waals surface area contributed by atoms with Crippen LogP contribution < -0.4 is 4.90 Å². The van der Waals surface area contributed by atoms with Gasteiger partial charge in [-0.05, 0) is 47.2 Å². The number of anilines is 1. The van der Waals surface area contributed by atoms with E-state index in [1.165, 1.54) is 0 Å². The second-order valence-corrected chi connectivity index (χ2v) is 7.64. The maximum Gasteiger partial charge on any atom is 0.264 e. The highest BCUT2D eigenvalue weighted by Gasteiger charge is 2.25. The van der Waals surface area contributed by atoms with Gasteiger partial charge in [-0.3, -0.25) is 9.69 Å². The molecule has 0 saturated heterocycles. The first-order valence-electron chi connectivity index (χ1n) is 10.9. The van der Waals surface area contributed by atoms with E-state index in [1.807, 2.05) is 115 Å². The summed E-state index contributed by atoms with van der Waals surface area (Å²) in [6, 6.07) is 43.1. The van der Waals surface area contributed by atoms with Crippen LogP contribution >= 0.6 is 0 Å². The van der Waals surface area contributed by atoms with E-state index >= 15 is 0 Å². The van der Waals surface area contributed by atoms with Gasteiger partial charge >= 0.3 is 0 Å². The van der Waals surface area contributed by atoms with E-state index in [0.717, 1.165) is 27.7 Å². The van der Waals surface area contributed by atoms with Gasteiger partial charge in [0.25, 0.3) is 5.91 Å². The van der Waals surface area contributed by atoms with Gasteiger partial charge in [0.1, 0.15) is 5.84 Å². The second-order valence-electron chi connectivity index (χ2n) is 7.64. The molecule has 0 atom stereocenters. The summed E-state index contributed by atoms with van der Waals surface area (Å²) in [5.41, 5.74) is 3.03. The van der Waals surface area contributed by atoms with Gasteiger partial charge in [-0.1, -0.05) is 97.1 Å². The molecule has 158 valence electrons. The molecule has 0 bridgehead atoms. The van der Waals surface area contributed by atoms with Crippen LogP contribution in [0.5, 0.6) is 0 Å². The summed E-state index contributed by atoms with van der Waals surface area (Å²) in [7, 11) is 0. The number of carbonyl (C=O) groups is 1. The van der Waals surface area contributed by atoms with E-state index in [-0.39, 0.29) is 5.91 Å². The quantitative estimate of drug-likeness (QED) is 0.220. The molecule has 0 aromatic heterocycles. The Morgan fingerprint density at radius 2 is 1.15 bits per heavy atom. The van der Waals surface area contributed by atoms with Crippen molar-refractivity contribution in [3.05, 3.63) is 145 Å². The van der Waals surface area contributed by atoms with E-state index in [0.29, 0.717) is 11.4 Å². The molecule has 0 saturated carbocycles. The minimum Gasteiger partial charge on any atom is -0.268 e. The van der Waals surface area contributed by atoms with E-state index in [1.54, 1.807) is 4.90 Å². The van der Waals surface area contributed by atoms with E-state index < -0.39 is 0 Å². The highest BCUT2D eigenvalue weighted by molar-refractivity contribution is 6.30. The lowest BCUT2D eigenvalue weighted by molar-refractivity contribution is 0.100. The van der Waals surface area contributed by atoms with Gasteiger partial charge in [-0.25, -0.2) is 4.99 Å². The Balaban J connectivity index is 1.79. The summed E-state index contributed by atoms with van der Waals surface area (Å²) < 4.78 is 0. The summed E-state index contributed by atoms with van der Waals surface area (Å²) in [6.07, 6.45) is 0. The van der Waals surface area contributed by atoms with Crippen molar-refractivity contribution in [2.75, 3.05) is 4.90 Å². The molecule has 0 aliphatic rings. The van der Waals surface area contributed by atoms with Crippen molar-refractivity contribution in [1.82, 2.24) is 0 Å². The van der Waals surface area contributed by atoms with Crippen LogP contribution in [0.1, 0.15) is 15.9 Å². The Morgan fingerprint density at radius 1 is 0.576 bits per heavy atom. The molecule has 5 aromatic rings. The number of benzene rings is 5. The Bertz CT molecular complexity index is 1410. The summed E-state index contributed by atoms with van der Waals surface area (Å²) in [5.74, 6) is 0.447. The summed E-state index contributed by atoms with van der Waals surface area (Å²) in [4.78, 5) is 20.7. The zero-order valence-corrected chi connectivity index (χ0v) is 18.0. The van der Waals surface area contributed by atoms with Crippen molar-refractivity contribution in [2.24, 2.45) is 4.99 Å². The van der Waals surface area contributed by atoms with E-state index in [4.69, 9.17) is 4.99 Å². The number of amidine groups is 1. The summed E-state index contributed by atoms with van der Waals surface area (Å²) in [5, 5.41) is 2.13. The molecule has 0 fully saturated rings. The maximum atomic E-state index is 13.9. The molecule has 1 amide bonds. The van der Waals surface area contributed by atoms with Crippen LogP contribution in [0.2, 0.25) is 0 Å². The monoisotopic (exact) mass is 426 g/mol. The highest BCUT2D eigenvalue weighted by atomic mass is 16.2. The van der Waals surface area contributed by atoms with Crippen molar-refractivity contribution in [3.63, 3.8) is 0 Å². The third kappa shape index (κ3) is 4.30. The molecular weight excluding hydrogens is 404 g/mol. The molecule has 3 nitrogen and oxygen atoms in total. The fraction of sp³-hybridized carbons (Fsp3) is 0. The maximum absolute atomic E-state index is 13.9. The normalized spacial score (nSPS) is 11.3. The first-order valence-corrected chi connectivity index (χ1v) is 10.9. The predicted molar refractivity (Wildman–Crippen MR) is 136 cm³/mol. The number of rotatable bonds is 4. The third-order valence-corrected chi connectivity index (χ3v) is 5.47. The van der Waals surface area contributed by atoms with Gasteiger partial charge in [-0.15, -0.1) is 0 Å². The lowest BCUT2D eigenvalue weighted by Crippen LogP contribution is -2.37. The van der Waals surface area contributed by atoms with Crippen LogP contribution in [-0.4, -0.2) is 11.7 Å². The molecule has 0 aliphatic heterocycles. The van der Waals surface area contributed by atoms with Crippen LogP contribution in [0.25, 0.3) is 10.8 Å². The average molecular weight is 427 g/mol. The van der Waals surface area contributed by atoms with E-state index in [9.17, 15) is 4.79 Å². The molecule has 3 heteroatoms. The molecular formula is C30H22N2O.